The highest BCUT2D eigenvalue weighted by atomic mass is 19.1. The molecule has 0 spiro atoms. The zero-order valence-corrected chi connectivity index (χ0v) is 8.29. The van der Waals surface area contributed by atoms with Gasteiger partial charge in [-0.3, -0.25) is 9.59 Å². The van der Waals surface area contributed by atoms with E-state index in [2.05, 4.69) is 0 Å². The Bertz CT molecular complexity index is 399. The highest BCUT2D eigenvalue weighted by molar-refractivity contribution is 5.98. The number of hydrogen-bond acceptors (Lipinski definition) is 2. The van der Waals surface area contributed by atoms with Crippen molar-refractivity contribution in [3.8, 4) is 0 Å². The van der Waals surface area contributed by atoms with E-state index in [1.54, 1.807) is 6.92 Å². The number of aliphatic carboxylic acids is 1. The molecular formula is C11H11FO3. The molecule has 0 heterocycles. The Labute approximate surface area is 86.5 Å². The number of carbonyl (C=O) groups is 2. The third kappa shape index (κ3) is 3.16. The van der Waals surface area contributed by atoms with Crippen LogP contribution in [0, 0.1) is 12.7 Å². The Morgan fingerprint density at radius 2 is 2.00 bits per heavy atom. The molecule has 4 heteroatoms. The molecule has 15 heavy (non-hydrogen) atoms. The van der Waals surface area contributed by atoms with Crippen LogP contribution in [0.15, 0.2) is 18.2 Å². The summed E-state index contributed by atoms with van der Waals surface area (Å²) in [6.07, 6.45) is -0.325. The van der Waals surface area contributed by atoms with E-state index >= 15 is 0 Å². The van der Waals surface area contributed by atoms with Gasteiger partial charge in [0.15, 0.2) is 5.78 Å². The normalized spacial score (nSPS) is 10.0. The summed E-state index contributed by atoms with van der Waals surface area (Å²) in [5.41, 5.74) is 0.919. The third-order valence-electron chi connectivity index (χ3n) is 2.07. The van der Waals surface area contributed by atoms with E-state index in [1.807, 2.05) is 0 Å². The summed E-state index contributed by atoms with van der Waals surface area (Å²) in [6.45, 7) is 1.69. The number of hydrogen-bond donors (Lipinski definition) is 1. The summed E-state index contributed by atoms with van der Waals surface area (Å²) < 4.78 is 12.8. The number of halogens is 1. The van der Waals surface area contributed by atoms with Crippen molar-refractivity contribution >= 4 is 11.8 Å². The second-order valence-corrected chi connectivity index (χ2v) is 3.28. The summed E-state index contributed by atoms with van der Waals surface area (Å²) in [5.74, 6) is -1.86. The van der Waals surface area contributed by atoms with Crippen molar-refractivity contribution in [2.75, 3.05) is 0 Å². The Kier molecular flexibility index (Phi) is 3.55. The molecule has 1 rings (SSSR count). The summed E-state index contributed by atoms with van der Waals surface area (Å²) in [5, 5.41) is 8.41. The Hall–Kier alpha value is -1.71. The minimum atomic E-state index is -1.03. The van der Waals surface area contributed by atoms with Gasteiger partial charge in [-0.25, -0.2) is 4.39 Å². The number of Topliss-reactive ketones (excluding diaryl/α,β-unsaturated/α-hetero) is 1. The molecule has 3 nitrogen and oxygen atoms in total. The van der Waals surface area contributed by atoms with Crippen LogP contribution in [0.3, 0.4) is 0 Å². The molecule has 0 amide bonds. The molecule has 80 valence electrons. The van der Waals surface area contributed by atoms with E-state index in [0.29, 0.717) is 5.56 Å². The molecule has 0 aliphatic heterocycles. The first-order valence-electron chi connectivity index (χ1n) is 4.52. The lowest BCUT2D eigenvalue weighted by Crippen LogP contribution is -2.05. The van der Waals surface area contributed by atoms with Gasteiger partial charge in [-0.2, -0.15) is 0 Å². The van der Waals surface area contributed by atoms with Gasteiger partial charge >= 0.3 is 5.97 Å². The highest BCUT2D eigenvalue weighted by Gasteiger charge is 2.11. The number of aryl methyl sites for hydroxylation is 1. The molecule has 0 unspecified atom stereocenters. The van der Waals surface area contributed by atoms with Crippen LogP contribution in [0.1, 0.15) is 28.8 Å². The molecule has 0 saturated heterocycles. The summed E-state index contributed by atoms with van der Waals surface area (Å²) >= 11 is 0. The molecule has 0 fully saturated rings. The smallest absolute Gasteiger partial charge is 0.303 e. The van der Waals surface area contributed by atoms with Gasteiger partial charge in [0.1, 0.15) is 5.82 Å². The first kappa shape index (κ1) is 11.4. The monoisotopic (exact) mass is 210 g/mol. The van der Waals surface area contributed by atoms with Crippen LogP contribution in [-0.2, 0) is 4.79 Å². The molecule has 0 aromatic heterocycles. The van der Waals surface area contributed by atoms with Crippen LogP contribution < -0.4 is 0 Å². The second kappa shape index (κ2) is 4.68. The zero-order valence-electron chi connectivity index (χ0n) is 8.29. The lowest BCUT2D eigenvalue weighted by atomic mass is 10.0. The fourth-order valence-electron chi connectivity index (χ4n) is 1.25. The maximum atomic E-state index is 12.8. The van der Waals surface area contributed by atoms with Crippen molar-refractivity contribution < 1.29 is 19.1 Å². The predicted molar refractivity (Wildman–Crippen MR) is 52.3 cm³/mol. The van der Waals surface area contributed by atoms with E-state index in [4.69, 9.17) is 5.11 Å². The van der Waals surface area contributed by atoms with Crippen LogP contribution in [0.4, 0.5) is 4.39 Å². The molecule has 0 saturated carbocycles. The van der Waals surface area contributed by atoms with Gasteiger partial charge in [0.05, 0.1) is 6.42 Å². The average molecular weight is 210 g/mol. The van der Waals surface area contributed by atoms with Crippen molar-refractivity contribution in [3.05, 3.63) is 35.1 Å². The van der Waals surface area contributed by atoms with Crippen LogP contribution in [-0.4, -0.2) is 16.9 Å². The predicted octanol–water partition coefficient (Wildman–Crippen LogP) is 2.18. The molecule has 0 atom stereocenters. The SMILES string of the molecule is Cc1ccc(F)cc1C(=O)CCC(=O)O. The number of carboxylic acids is 1. The van der Waals surface area contributed by atoms with Crippen molar-refractivity contribution in [2.24, 2.45) is 0 Å². The number of ketones is 1. The van der Waals surface area contributed by atoms with Gasteiger partial charge in [0.2, 0.25) is 0 Å². The summed E-state index contributed by atoms with van der Waals surface area (Å²) in [7, 11) is 0. The number of rotatable bonds is 4. The van der Waals surface area contributed by atoms with Crippen LogP contribution in [0.5, 0.6) is 0 Å². The molecule has 1 N–H and O–H groups in total. The fourth-order valence-corrected chi connectivity index (χ4v) is 1.25. The summed E-state index contributed by atoms with van der Waals surface area (Å²) in [4.78, 5) is 21.8. The second-order valence-electron chi connectivity index (χ2n) is 3.28. The minimum absolute atomic E-state index is 0.0976. The molecule has 0 bridgehead atoms. The van der Waals surface area contributed by atoms with Crippen LogP contribution in [0.2, 0.25) is 0 Å². The van der Waals surface area contributed by atoms with E-state index in [0.717, 1.165) is 6.07 Å². The standard InChI is InChI=1S/C11H11FO3/c1-7-2-3-8(12)6-9(7)10(13)4-5-11(14)15/h2-3,6H,4-5H2,1H3,(H,14,15). The number of benzene rings is 1. The van der Waals surface area contributed by atoms with Gasteiger partial charge in [-0.05, 0) is 24.6 Å². The lowest BCUT2D eigenvalue weighted by Gasteiger charge is -2.03. The zero-order chi connectivity index (χ0) is 11.4. The molecule has 0 aliphatic rings. The first-order valence-corrected chi connectivity index (χ1v) is 4.52. The topological polar surface area (TPSA) is 54.4 Å². The van der Waals surface area contributed by atoms with Gasteiger partial charge < -0.3 is 5.11 Å². The quantitative estimate of drug-likeness (QED) is 0.775. The molecular weight excluding hydrogens is 199 g/mol. The molecule has 1 aromatic rings. The Morgan fingerprint density at radius 1 is 1.33 bits per heavy atom. The third-order valence-corrected chi connectivity index (χ3v) is 2.07. The highest BCUT2D eigenvalue weighted by Crippen LogP contribution is 2.13. The number of carbonyl (C=O) groups excluding carboxylic acids is 1. The maximum Gasteiger partial charge on any atom is 0.303 e. The van der Waals surface area contributed by atoms with Crippen molar-refractivity contribution in [1.82, 2.24) is 0 Å². The van der Waals surface area contributed by atoms with Crippen LogP contribution >= 0.6 is 0 Å². The fraction of sp³-hybridized carbons (Fsp3) is 0.273. The van der Waals surface area contributed by atoms with Crippen LogP contribution in [0.25, 0.3) is 0 Å². The van der Waals surface area contributed by atoms with Crippen molar-refractivity contribution in [1.29, 1.82) is 0 Å². The van der Waals surface area contributed by atoms with Crippen molar-refractivity contribution in [3.63, 3.8) is 0 Å². The number of carboxylic acid groups (broad SMARTS) is 1. The summed E-state index contributed by atoms with van der Waals surface area (Å²) in [6, 6.07) is 3.91. The van der Waals surface area contributed by atoms with Gasteiger partial charge in [0.25, 0.3) is 0 Å². The van der Waals surface area contributed by atoms with E-state index in [1.165, 1.54) is 12.1 Å². The first-order chi connectivity index (χ1) is 7.00. The Balaban J connectivity index is 2.81. The molecule has 1 aromatic carbocycles. The van der Waals surface area contributed by atoms with Gasteiger partial charge in [0, 0.05) is 12.0 Å². The van der Waals surface area contributed by atoms with E-state index < -0.39 is 11.8 Å². The molecule has 0 aliphatic carbocycles. The Morgan fingerprint density at radius 3 is 2.60 bits per heavy atom. The minimum Gasteiger partial charge on any atom is -0.481 e. The van der Waals surface area contributed by atoms with Gasteiger partial charge in [-0.15, -0.1) is 0 Å². The average Bonchev–Trinajstić information content (AvgIpc) is 2.18. The maximum absolute atomic E-state index is 12.8. The molecule has 0 radical (unpaired) electrons. The van der Waals surface area contributed by atoms with E-state index in [9.17, 15) is 14.0 Å². The largest absolute Gasteiger partial charge is 0.481 e. The van der Waals surface area contributed by atoms with Crippen molar-refractivity contribution in [2.45, 2.75) is 19.8 Å². The lowest BCUT2D eigenvalue weighted by molar-refractivity contribution is -0.136. The van der Waals surface area contributed by atoms with Gasteiger partial charge in [-0.1, -0.05) is 6.07 Å². The van der Waals surface area contributed by atoms with E-state index in [-0.39, 0.29) is 24.2 Å².